The number of amides is 1. The lowest BCUT2D eigenvalue weighted by molar-refractivity contribution is -0.137. The molecule has 0 spiro atoms. The molecule has 1 amide bonds. The van der Waals surface area contributed by atoms with Gasteiger partial charge in [-0.1, -0.05) is 35.9 Å². The van der Waals surface area contributed by atoms with Crippen LogP contribution in [0.5, 0.6) is 11.5 Å². The Kier molecular flexibility index (Phi) is 8.28. The van der Waals surface area contributed by atoms with Gasteiger partial charge in [-0.15, -0.1) is 0 Å². The number of nitriles is 1. The normalized spacial score (nSPS) is 11.6. The van der Waals surface area contributed by atoms with Gasteiger partial charge in [-0.2, -0.15) is 18.4 Å². The van der Waals surface area contributed by atoms with Crippen molar-refractivity contribution in [2.24, 2.45) is 0 Å². The molecular formula is C27H22ClF3N2O3. The van der Waals surface area contributed by atoms with E-state index in [-0.39, 0.29) is 28.6 Å². The summed E-state index contributed by atoms with van der Waals surface area (Å²) < 4.78 is 50.1. The van der Waals surface area contributed by atoms with Gasteiger partial charge in [-0.3, -0.25) is 4.79 Å². The maximum Gasteiger partial charge on any atom is 0.416 e. The van der Waals surface area contributed by atoms with Gasteiger partial charge in [-0.05, 0) is 72.5 Å². The number of anilines is 1. The predicted molar refractivity (Wildman–Crippen MR) is 132 cm³/mol. The van der Waals surface area contributed by atoms with E-state index in [1.165, 1.54) is 31.4 Å². The van der Waals surface area contributed by atoms with Crippen LogP contribution in [-0.4, -0.2) is 13.0 Å². The van der Waals surface area contributed by atoms with E-state index < -0.39 is 17.6 Å². The van der Waals surface area contributed by atoms with Crippen LogP contribution in [0.25, 0.3) is 6.08 Å². The van der Waals surface area contributed by atoms with Gasteiger partial charge in [0.2, 0.25) is 0 Å². The van der Waals surface area contributed by atoms with Crippen LogP contribution >= 0.6 is 11.6 Å². The highest BCUT2D eigenvalue weighted by molar-refractivity contribution is 6.32. The summed E-state index contributed by atoms with van der Waals surface area (Å²) in [6.07, 6.45) is -3.31. The average molecular weight is 515 g/mol. The molecule has 0 unspecified atom stereocenters. The molecule has 0 aromatic heterocycles. The van der Waals surface area contributed by atoms with Gasteiger partial charge in [0.25, 0.3) is 5.91 Å². The number of carbonyl (C=O) groups is 1. The van der Waals surface area contributed by atoms with Crippen molar-refractivity contribution in [3.63, 3.8) is 0 Å². The van der Waals surface area contributed by atoms with Crippen LogP contribution in [0.3, 0.4) is 0 Å². The molecular weight excluding hydrogens is 493 g/mol. The molecule has 3 aromatic rings. The fourth-order valence-electron chi connectivity index (χ4n) is 3.30. The summed E-state index contributed by atoms with van der Waals surface area (Å²) in [5, 5.41) is 12.0. The van der Waals surface area contributed by atoms with Crippen molar-refractivity contribution in [3.8, 4) is 17.6 Å². The molecule has 1 N–H and O–H groups in total. The van der Waals surface area contributed by atoms with Crippen LogP contribution in [-0.2, 0) is 17.6 Å². The van der Waals surface area contributed by atoms with Crippen molar-refractivity contribution in [1.29, 1.82) is 5.26 Å². The molecule has 3 aromatic carbocycles. The van der Waals surface area contributed by atoms with Gasteiger partial charge < -0.3 is 14.8 Å². The number of ether oxygens (including phenoxy) is 2. The number of halogens is 4. The van der Waals surface area contributed by atoms with E-state index in [9.17, 15) is 23.2 Å². The fourth-order valence-corrected chi connectivity index (χ4v) is 3.57. The number of benzene rings is 3. The zero-order valence-electron chi connectivity index (χ0n) is 19.7. The van der Waals surface area contributed by atoms with Crippen molar-refractivity contribution in [2.45, 2.75) is 26.6 Å². The van der Waals surface area contributed by atoms with E-state index in [4.69, 9.17) is 21.1 Å². The summed E-state index contributed by atoms with van der Waals surface area (Å²) in [6, 6.07) is 14.9. The van der Waals surface area contributed by atoms with Crippen LogP contribution in [0.4, 0.5) is 18.9 Å². The number of nitrogens with one attached hydrogen (secondary N) is 1. The molecule has 0 saturated heterocycles. The molecule has 0 bridgehead atoms. The van der Waals surface area contributed by atoms with Crippen molar-refractivity contribution in [2.75, 3.05) is 12.4 Å². The Labute approximate surface area is 211 Å². The SMILES string of the molecule is COc1cc(/C=C(\C#N)C(=O)Nc2cccc(C(F)(F)F)c2)cc(Cl)c1OCc1ccc(C)c(C)c1. The number of methoxy groups -OCH3 is 1. The molecule has 0 aliphatic heterocycles. The molecule has 0 fully saturated rings. The standard InChI is InChI=1S/C27H22ClF3N2O3/c1-16-7-8-18(9-17(16)2)15-36-25-23(28)11-19(12-24(25)35-3)10-20(14-32)26(34)33-22-6-4-5-21(13-22)27(29,30)31/h4-13H,15H2,1-3H3,(H,33,34)/b20-10+. The number of hydrogen-bond acceptors (Lipinski definition) is 4. The Bertz CT molecular complexity index is 1360. The zero-order valence-corrected chi connectivity index (χ0v) is 20.4. The molecule has 9 heteroatoms. The van der Waals surface area contributed by atoms with Gasteiger partial charge in [0.1, 0.15) is 18.2 Å². The van der Waals surface area contributed by atoms with E-state index in [2.05, 4.69) is 5.32 Å². The lowest BCUT2D eigenvalue weighted by Crippen LogP contribution is -2.14. The maximum absolute atomic E-state index is 12.9. The third kappa shape index (κ3) is 6.58. The Morgan fingerprint density at radius 2 is 1.86 bits per heavy atom. The summed E-state index contributed by atoms with van der Waals surface area (Å²) in [6.45, 7) is 4.26. The number of hydrogen-bond donors (Lipinski definition) is 1. The molecule has 36 heavy (non-hydrogen) atoms. The maximum atomic E-state index is 12.9. The van der Waals surface area contributed by atoms with Gasteiger partial charge in [0.05, 0.1) is 17.7 Å². The first-order chi connectivity index (χ1) is 17.0. The van der Waals surface area contributed by atoms with Crippen molar-refractivity contribution in [1.82, 2.24) is 0 Å². The summed E-state index contributed by atoms with van der Waals surface area (Å²) in [7, 11) is 1.42. The number of alkyl halides is 3. The molecule has 0 aliphatic carbocycles. The molecule has 0 aliphatic rings. The second kappa shape index (κ2) is 11.2. The zero-order chi connectivity index (χ0) is 26.5. The highest BCUT2D eigenvalue weighted by atomic mass is 35.5. The van der Waals surface area contributed by atoms with E-state index in [0.29, 0.717) is 11.3 Å². The van der Waals surface area contributed by atoms with E-state index in [0.717, 1.165) is 34.9 Å². The highest BCUT2D eigenvalue weighted by Gasteiger charge is 2.30. The Morgan fingerprint density at radius 1 is 1.11 bits per heavy atom. The minimum absolute atomic E-state index is 0.0957. The number of rotatable bonds is 7. The summed E-state index contributed by atoms with van der Waals surface area (Å²) in [5.74, 6) is -0.295. The summed E-state index contributed by atoms with van der Waals surface area (Å²) >= 11 is 6.41. The first-order valence-corrected chi connectivity index (χ1v) is 11.1. The Hall–Kier alpha value is -3.96. The topological polar surface area (TPSA) is 71.3 Å². The average Bonchev–Trinajstić information content (AvgIpc) is 2.83. The van der Waals surface area contributed by atoms with E-state index in [1.54, 1.807) is 6.07 Å². The molecule has 0 radical (unpaired) electrons. The number of nitrogens with zero attached hydrogens (tertiary/aromatic N) is 1. The molecule has 0 atom stereocenters. The van der Waals surface area contributed by atoms with Crippen LogP contribution in [0.15, 0.2) is 60.2 Å². The predicted octanol–water partition coefficient (Wildman–Crippen LogP) is 7.11. The third-order valence-electron chi connectivity index (χ3n) is 5.33. The third-order valence-corrected chi connectivity index (χ3v) is 5.61. The van der Waals surface area contributed by atoms with Crippen molar-refractivity contribution < 1.29 is 27.4 Å². The quantitative estimate of drug-likeness (QED) is 0.269. The summed E-state index contributed by atoms with van der Waals surface area (Å²) in [5.41, 5.74) is 2.24. The van der Waals surface area contributed by atoms with Crippen molar-refractivity contribution >= 4 is 29.3 Å². The van der Waals surface area contributed by atoms with Gasteiger partial charge in [0, 0.05) is 5.69 Å². The largest absolute Gasteiger partial charge is 0.493 e. The summed E-state index contributed by atoms with van der Waals surface area (Å²) in [4.78, 5) is 12.6. The molecule has 3 rings (SSSR count). The fraction of sp³-hybridized carbons (Fsp3) is 0.185. The van der Waals surface area contributed by atoms with E-state index >= 15 is 0 Å². The van der Waals surface area contributed by atoms with Gasteiger partial charge >= 0.3 is 6.18 Å². The monoisotopic (exact) mass is 514 g/mol. The Morgan fingerprint density at radius 3 is 2.50 bits per heavy atom. The van der Waals surface area contributed by atoms with Gasteiger partial charge in [-0.25, -0.2) is 0 Å². The second-order valence-corrected chi connectivity index (χ2v) is 8.35. The van der Waals surface area contributed by atoms with Crippen LogP contribution < -0.4 is 14.8 Å². The highest BCUT2D eigenvalue weighted by Crippen LogP contribution is 2.38. The minimum Gasteiger partial charge on any atom is -0.493 e. The number of aryl methyl sites for hydroxylation is 2. The van der Waals surface area contributed by atoms with Crippen molar-refractivity contribution in [3.05, 3.63) is 93.0 Å². The lowest BCUT2D eigenvalue weighted by Gasteiger charge is -2.14. The first kappa shape index (κ1) is 26.6. The molecule has 0 heterocycles. The Balaban J connectivity index is 1.82. The minimum atomic E-state index is -4.57. The first-order valence-electron chi connectivity index (χ1n) is 10.7. The second-order valence-electron chi connectivity index (χ2n) is 7.94. The lowest BCUT2D eigenvalue weighted by atomic mass is 10.1. The molecule has 0 saturated carbocycles. The van der Waals surface area contributed by atoms with E-state index in [1.807, 2.05) is 32.0 Å². The van der Waals surface area contributed by atoms with Gasteiger partial charge in [0.15, 0.2) is 11.5 Å². The molecule has 5 nitrogen and oxygen atoms in total. The van der Waals surface area contributed by atoms with Crippen LogP contribution in [0, 0.1) is 25.2 Å². The molecule has 186 valence electrons. The van der Waals surface area contributed by atoms with Crippen LogP contribution in [0.1, 0.15) is 27.8 Å². The number of carbonyl (C=O) groups excluding carboxylic acids is 1. The van der Waals surface area contributed by atoms with Crippen LogP contribution in [0.2, 0.25) is 5.02 Å². The smallest absolute Gasteiger partial charge is 0.416 e.